The van der Waals surface area contributed by atoms with E-state index in [0.717, 1.165) is 19.6 Å². The van der Waals surface area contributed by atoms with Gasteiger partial charge in [0.25, 0.3) is 0 Å². The molecule has 3 rings (SSSR count). The molecular formula is C23H35N3O. The van der Waals surface area contributed by atoms with E-state index < -0.39 is 0 Å². The van der Waals surface area contributed by atoms with E-state index in [-0.39, 0.29) is 6.10 Å². The van der Waals surface area contributed by atoms with Crippen molar-refractivity contribution in [2.45, 2.75) is 60.5 Å². The maximum atomic E-state index is 6.44. The van der Waals surface area contributed by atoms with Crippen LogP contribution in [0, 0.1) is 20.8 Å². The molecule has 0 amide bonds. The zero-order chi connectivity index (χ0) is 19.6. The predicted molar refractivity (Wildman–Crippen MR) is 112 cm³/mol. The molecule has 0 spiro atoms. The SMILES string of the molecule is CCCCN1CC(C)=CC2=C1N(NCC)COC2c1c(C)cc(C)cc1C. The zero-order valence-corrected chi connectivity index (χ0v) is 17.9. The molecule has 27 heavy (non-hydrogen) atoms. The Balaban J connectivity index is 2.10. The molecule has 4 nitrogen and oxygen atoms in total. The van der Waals surface area contributed by atoms with Crippen molar-refractivity contribution in [2.24, 2.45) is 0 Å². The molecule has 0 aromatic heterocycles. The van der Waals surface area contributed by atoms with E-state index >= 15 is 0 Å². The summed E-state index contributed by atoms with van der Waals surface area (Å²) in [6.45, 7) is 16.8. The summed E-state index contributed by atoms with van der Waals surface area (Å²) in [6.07, 6.45) is 4.76. The fourth-order valence-corrected chi connectivity index (χ4v) is 4.44. The van der Waals surface area contributed by atoms with Gasteiger partial charge in [0.2, 0.25) is 0 Å². The largest absolute Gasteiger partial charge is 0.353 e. The Morgan fingerprint density at radius 1 is 1.11 bits per heavy atom. The average molecular weight is 370 g/mol. The van der Waals surface area contributed by atoms with Crippen LogP contribution in [0.3, 0.4) is 0 Å². The molecular weight excluding hydrogens is 334 g/mol. The standard InChI is InChI=1S/C23H35N3O/c1-7-9-10-25-14-17(4)13-20-22(27-15-26(23(20)25)24-8-2)21-18(5)11-16(3)12-19(21)6/h11-13,22,24H,7-10,14-15H2,1-6H3. The second-order valence-electron chi connectivity index (χ2n) is 7.97. The van der Waals surface area contributed by atoms with Gasteiger partial charge in [-0.25, -0.2) is 5.43 Å². The van der Waals surface area contributed by atoms with Crippen molar-refractivity contribution < 1.29 is 4.74 Å². The van der Waals surface area contributed by atoms with E-state index in [1.807, 2.05) is 0 Å². The number of ether oxygens (including phenoxy) is 1. The summed E-state index contributed by atoms with van der Waals surface area (Å²) in [6, 6.07) is 4.55. The van der Waals surface area contributed by atoms with E-state index in [4.69, 9.17) is 4.74 Å². The Bertz CT molecular complexity index is 727. The van der Waals surface area contributed by atoms with E-state index in [1.54, 1.807) is 0 Å². The van der Waals surface area contributed by atoms with Crippen LogP contribution in [-0.2, 0) is 4.74 Å². The normalized spacial score (nSPS) is 20.1. The van der Waals surface area contributed by atoms with Gasteiger partial charge in [0.05, 0.1) is 0 Å². The fourth-order valence-electron chi connectivity index (χ4n) is 4.44. The first-order valence-corrected chi connectivity index (χ1v) is 10.3. The molecule has 1 atom stereocenters. The van der Waals surface area contributed by atoms with E-state index in [1.165, 1.54) is 52.1 Å². The number of nitrogens with one attached hydrogen (secondary N) is 1. The van der Waals surface area contributed by atoms with Gasteiger partial charge >= 0.3 is 0 Å². The number of nitrogens with zero attached hydrogens (tertiary/aromatic N) is 2. The fraction of sp³-hybridized carbons (Fsp3) is 0.565. The van der Waals surface area contributed by atoms with Crippen LogP contribution in [0.4, 0.5) is 0 Å². The first kappa shape index (κ1) is 20.0. The molecule has 2 aliphatic rings. The average Bonchev–Trinajstić information content (AvgIpc) is 2.60. The molecule has 0 saturated carbocycles. The third kappa shape index (κ3) is 4.07. The minimum atomic E-state index is -0.00474. The van der Waals surface area contributed by atoms with Crippen LogP contribution in [-0.4, -0.2) is 36.3 Å². The number of unbranched alkanes of at least 4 members (excludes halogenated alkanes) is 1. The van der Waals surface area contributed by atoms with Crippen molar-refractivity contribution >= 4 is 0 Å². The smallest absolute Gasteiger partial charge is 0.136 e. The van der Waals surface area contributed by atoms with Gasteiger partial charge in [-0.3, -0.25) is 5.01 Å². The second-order valence-corrected chi connectivity index (χ2v) is 7.97. The summed E-state index contributed by atoms with van der Waals surface area (Å²) in [5.74, 6) is 1.30. The summed E-state index contributed by atoms with van der Waals surface area (Å²) in [7, 11) is 0. The molecule has 0 fully saturated rings. The molecule has 0 aliphatic carbocycles. The van der Waals surface area contributed by atoms with E-state index in [0.29, 0.717) is 6.73 Å². The van der Waals surface area contributed by atoms with Crippen LogP contribution >= 0.6 is 0 Å². The lowest BCUT2D eigenvalue weighted by molar-refractivity contribution is -0.0535. The van der Waals surface area contributed by atoms with E-state index in [2.05, 4.69) is 75.1 Å². The van der Waals surface area contributed by atoms with Gasteiger partial charge in [0.15, 0.2) is 0 Å². The molecule has 1 unspecified atom stereocenters. The minimum absolute atomic E-state index is 0.00474. The Hall–Kier alpha value is -1.78. The van der Waals surface area contributed by atoms with Gasteiger partial charge in [-0.2, -0.15) is 0 Å². The molecule has 1 N–H and O–H groups in total. The molecule has 0 bridgehead atoms. The molecule has 0 saturated heterocycles. The van der Waals surface area contributed by atoms with Crippen LogP contribution < -0.4 is 5.43 Å². The molecule has 2 aliphatic heterocycles. The lowest BCUT2D eigenvalue weighted by Gasteiger charge is -2.45. The molecule has 2 heterocycles. The highest BCUT2D eigenvalue weighted by Gasteiger charge is 2.35. The van der Waals surface area contributed by atoms with E-state index in [9.17, 15) is 0 Å². The summed E-state index contributed by atoms with van der Waals surface area (Å²) < 4.78 is 6.44. The maximum Gasteiger partial charge on any atom is 0.136 e. The number of hydrazine groups is 1. The number of rotatable bonds is 6. The van der Waals surface area contributed by atoms with Crippen molar-refractivity contribution in [3.8, 4) is 0 Å². The topological polar surface area (TPSA) is 27.7 Å². The minimum Gasteiger partial charge on any atom is -0.353 e. The summed E-state index contributed by atoms with van der Waals surface area (Å²) in [5, 5.41) is 2.20. The Morgan fingerprint density at radius 2 is 1.81 bits per heavy atom. The van der Waals surface area contributed by atoms with Crippen LogP contribution in [0.5, 0.6) is 0 Å². The predicted octanol–water partition coefficient (Wildman–Crippen LogP) is 4.74. The molecule has 1 aromatic rings. The zero-order valence-electron chi connectivity index (χ0n) is 17.9. The number of hydrogen-bond acceptors (Lipinski definition) is 4. The summed E-state index contributed by atoms with van der Waals surface area (Å²) in [5.41, 5.74) is 11.5. The maximum absolute atomic E-state index is 6.44. The first-order valence-electron chi connectivity index (χ1n) is 10.3. The summed E-state index contributed by atoms with van der Waals surface area (Å²) >= 11 is 0. The third-order valence-electron chi connectivity index (χ3n) is 5.44. The van der Waals surface area contributed by atoms with Crippen LogP contribution in [0.25, 0.3) is 0 Å². The molecule has 1 aromatic carbocycles. The Kier molecular flexibility index (Phi) is 6.28. The van der Waals surface area contributed by atoms with Crippen molar-refractivity contribution in [2.75, 3.05) is 26.4 Å². The van der Waals surface area contributed by atoms with Gasteiger partial charge in [-0.1, -0.05) is 49.6 Å². The van der Waals surface area contributed by atoms with Crippen molar-refractivity contribution in [3.63, 3.8) is 0 Å². The van der Waals surface area contributed by atoms with Crippen LogP contribution in [0.2, 0.25) is 0 Å². The first-order chi connectivity index (χ1) is 13.0. The van der Waals surface area contributed by atoms with Crippen molar-refractivity contribution in [3.05, 3.63) is 57.4 Å². The Labute approximate surface area is 164 Å². The number of aryl methyl sites for hydroxylation is 3. The summed E-state index contributed by atoms with van der Waals surface area (Å²) in [4.78, 5) is 2.53. The third-order valence-corrected chi connectivity index (χ3v) is 5.44. The van der Waals surface area contributed by atoms with Crippen molar-refractivity contribution in [1.29, 1.82) is 0 Å². The van der Waals surface area contributed by atoms with Crippen LogP contribution in [0.1, 0.15) is 62.0 Å². The van der Waals surface area contributed by atoms with Gasteiger partial charge < -0.3 is 9.64 Å². The van der Waals surface area contributed by atoms with Crippen molar-refractivity contribution in [1.82, 2.24) is 15.3 Å². The quantitative estimate of drug-likeness (QED) is 0.784. The van der Waals surface area contributed by atoms with Gasteiger partial charge in [0, 0.05) is 25.2 Å². The highest BCUT2D eigenvalue weighted by Crippen LogP contribution is 2.40. The van der Waals surface area contributed by atoms with Gasteiger partial charge in [-0.15, -0.1) is 0 Å². The van der Waals surface area contributed by atoms with Gasteiger partial charge in [0.1, 0.15) is 18.7 Å². The Morgan fingerprint density at radius 3 is 2.44 bits per heavy atom. The highest BCUT2D eigenvalue weighted by molar-refractivity contribution is 5.47. The number of benzene rings is 1. The second kappa shape index (κ2) is 8.49. The lowest BCUT2D eigenvalue weighted by Crippen LogP contribution is -2.50. The molecule has 4 heteroatoms. The molecule has 148 valence electrons. The molecule has 0 radical (unpaired) electrons. The van der Waals surface area contributed by atoms with Crippen LogP contribution in [0.15, 0.2) is 35.2 Å². The number of hydrogen-bond donors (Lipinski definition) is 1. The lowest BCUT2D eigenvalue weighted by atomic mass is 9.89. The van der Waals surface area contributed by atoms with Gasteiger partial charge in [-0.05, 0) is 50.8 Å². The monoisotopic (exact) mass is 369 g/mol. The highest BCUT2D eigenvalue weighted by atomic mass is 16.5.